The van der Waals surface area contributed by atoms with Gasteiger partial charge in [-0.1, -0.05) is 39.7 Å². The van der Waals surface area contributed by atoms with Gasteiger partial charge < -0.3 is 5.73 Å². The Balaban J connectivity index is 2.16. The van der Waals surface area contributed by atoms with Crippen molar-refractivity contribution in [1.82, 2.24) is 0 Å². The Morgan fingerprint density at radius 2 is 1.71 bits per heavy atom. The fourth-order valence-corrected chi connectivity index (χ4v) is 2.71. The van der Waals surface area contributed by atoms with E-state index in [9.17, 15) is 13.2 Å². The molecule has 0 aliphatic carbocycles. The van der Waals surface area contributed by atoms with E-state index in [0.717, 1.165) is 27.7 Å². The molecule has 0 saturated heterocycles. The van der Waals surface area contributed by atoms with Gasteiger partial charge in [-0.05, 0) is 47.9 Å². The lowest BCUT2D eigenvalue weighted by Crippen LogP contribution is -2.14. The van der Waals surface area contributed by atoms with E-state index in [4.69, 9.17) is 17.3 Å². The van der Waals surface area contributed by atoms with Gasteiger partial charge in [0.15, 0.2) is 0 Å². The molecule has 21 heavy (non-hydrogen) atoms. The first-order chi connectivity index (χ1) is 9.77. The van der Waals surface area contributed by atoms with Gasteiger partial charge in [0.05, 0.1) is 5.56 Å². The first-order valence-electron chi connectivity index (χ1n) is 6.14. The number of hydrogen-bond donors (Lipinski definition) is 1. The van der Waals surface area contributed by atoms with Crippen molar-refractivity contribution in [2.45, 2.75) is 18.6 Å². The molecule has 0 radical (unpaired) electrons. The molecule has 1 unspecified atom stereocenters. The molecule has 0 spiro atoms. The van der Waals surface area contributed by atoms with Crippen LogP contribution in [0.3, 0.4) is 0 Å². The Morgan fingerprint density at radius 1 is 1.10 bits per heavy atom. The SMILES string of the molecule is NC(Cc1ccc(C(F)(F)F)cc1)c1cc(Cl)ccc1Br. The first-order valence-corrected chi connectivity index (χ1v) is 7.31. The zero-order chi connectivity index (χ0) is 15.6. The third-order valence-electron chi connectivity index (χ3n) is 3.09. The van der Waals surface area contributed by atoms with Crippen molar-refractivity contribution < 1.29 is 13.2 Å². The van der Waals surface area contributed by atoms with E-state index in [1.165, 1.54) is 12.1 Å². The van der Waals surface area contributed by atoms with Crippen LogP contribution >= 0.6 is 27.5 Å². The lowest BCUT2D eigenvalue weighted by molar-refractivity contribution is -0.137. The highest BCUT2D eigenvalue weighted by Crippen LogP contribution is 2.31. The molecule has 2 aromatic rings. The van der Waals surface area contributed by atoms with Gasteiger partial charge in [0.1, 0.15) is 0 Å². The Bertz CT molecular complexity index is 626. The van der Waals surface area contributed by atoms with Crippen molar-refractivity contribution in [2.24, 2.45) is 5.73 Å². The number of nitrogens with two attached hydrogens (primary N) is 1. The molecule has 0 amide bonds. The van der Waals surface area contributed by atoms with E-state index in [0.29, 0.717) is 11.4 Å². The minimum absolute atomic E-state index is 0.352. The monoisotopic (exact) mass is 377 g/mol. The Labute approximate surface area is 134 Å². The first kappa shape index (κ1) is 16.3. The molecule has 0 heterocycles. The summed E-state index contributed by atoms with van der Waals surface area (Å²) in [5.74, 6) is 0. The van der Waals surface area contributed by atoms with E-state index in [1.807, 2.05) is 0 Å². The zero-order valence-electron chi connectivity index (χ0n) is 10.8. The molecule has 0 fully saturated rings. The smallest absolute Gasteiger partial charge is 0.324 e. The zero-order valence-corrected chi connectivity index (χ0v) is 13.1. The summed E-state index contributed by atoms with van der Waals surface area (Å²) in [7, 11) is 0. The summed E-state index contributed by atoms with van der Waals surface area (Å²) in [4.78, 5) is 0. The van der Waals surface area contributed by atoms with Gasteiger partial charge in [0, 0.05) is 15.5 Å². The van der Waals surface area contributed by atoms with Gasteiger partial charge in [-0.2, -0.15) is 13.2 Å². The van der Waals surface area contributed by atoms with Gasteiger partial charge in [-0.3, -0.25) is 0 Å². The van der Waals surface area contributed by atoms with Gasteiger partial charge in [0.25, 0.3) is 0 Å². The molecular weight excluding hydrogens is 367 g/mol. The quantitative estimate of drug-likeness (QED) is 0.764. The Hall–Kier alpha value is -1.04. The minimum Gasteiger partial charge on any atom is -0.324 e. The van der Waals surface area contributed by atoms with E-state index < -0.39 is 11.7 Å². The third-order valence-corrected chi connectivity index (χ3v) is 4.05. The standard InChI is InChI=1S/C15H12BrClF3N/c16-13-6-5-11(17)8-12(13)14(21)7-9-1-3-10(4-2-9)15(18,19)20/h1-6,8,14H,7,21H2. The van der Waals surface area contributed by atoms with Gasteiger partial charge in [-0.15, -0.1) is 0 Å². The number of alkyl halides is 3. The molecule has 2 N–H and O–H groups in total. The molecule has 0 bridgehead atoms. The Kier molecular flexibility index (Phi) is 4.96. The summed E-state index contributed by atoms with van der Waals surface area (Å²) in [5.41, 5.74) is 7.01. The normalized spacial score (nSPS) is 13.2. The second kappa shape index (κ2) is 6.38. The summed E-state index contributed by atoms with van der Waals surface area (Å²) in [6, 6.07) is 9.95. The second-order valence-electron chi connectivity index (χ2n) is 4.67. The molecule has 112 valence electrons. The molecule has 2 rings (SSSR count). The minimum atomic E-state index is -4.32. The van der Waals surface area contributed by atoms with Crippen LogP contribution in [0.25, 0.3) is 0 Å². The third kappa shape index (κ3) is 4.22. The lowest BCUT2D eigenvalue weighted by Gasteiger charge is -2.15. The lowest BCUT2D eigenvalue weighted by atomic mass is 9.99. The summed E-state index contributed by atoms with van der Waals surface area (Å²) in [6.07, 6.45) is -3.90. The fraction of sp³-hybridized carbons (Fsp3) is 0.200. The van der Waals surface area contributed by atoms with Crippen LogP contribution in [0.15, 0.2) is 46.9 Å². The highest BCUT2D eigenvalue weighted by atomic mass is 79.9. The average Bonchev–Trinajstić information content (AvgIpc) is 2.41. The highest BCUT2D eigenvalue weighted by Gasteiger charge is 2.29. The van der Waals surface area contributed by atoms with E-state index in [1.54, 1.807) is 18.2 Å². The van der Waals surface area contributed by atoms with Crippen molar-refractivity contribution in [3.05, 3.63) is 68.7 Å². The van der Waals surface area contributed by atoms with Crippen LogP contribution in [0.2, 0.25) is 5.02 Å². The molecule has 0 saturated carbocycles. The predicted molar refractivity (Wildman–Crippen MR) is 81.2 cm³/mol. The van der Waals surface area contributed by atoms with Gasteiger partial charge in [-0.25, -0.2) is 0 Å². The highest BCUT2D eigenvalue weighted by molar-refractivity contribution is 9.10. The molecular formula is C15H12BrClF3N. The molecule has 1 atom stereocenters. The molecule has 6 heteroatoms. The van der Waals surface area contributed by atoms with Gasteiger partial charge in [0.2, 0.25) is 0 Å². The second-order valence-corrected chi connectivity index (χ2v) is 5.96. The van der Waals surface area contributed by atoms with Crippen LogP contribution in [0, 0.1) is 0 Å². The largest absolute Gasteiger partial charge is 0.416 e. The number of halogens is 5. The maximum absolute atomic E-state index is 12.5. The maximum atomic E-state index is 12.5. The fourth-order valence-electron chi connectivity index (χ4n) is 1.99. The molecule has 2 aromatic carbocycles. The van der Waals surface area contributed by atoms with Crippen molar-refractivity contribution in [1.29, 1.82) is 0 Å². The molecule has 0 aliphatic heterocycles. The number of hydrogen-bond acceptors (Lipinski definition) is 1. The van der Waals surface area contributed by atoms with E-state index in [2.05, 4.69) is 15.9 Å². The molecule has 1 nitrogen and oxygen atoms in total. The number of benzene rings is 2. The topological polar surface area (TPSA) is 26.0 Å². The summed E-state index contributed by atoms with van der Waals surface area (Å²) in [5, 5.41) is 0.566. The summed E-state index contributed by atoms with van der Waals surface area (Å²) >= 11 is 9.33. The van der Waals surface area contributed by atoms with Crippen molar-refractivity contribution in [3.63, 3.8) is 0 Å². The average molecular weight is 379 g/mol. The van der Waals surface area contributed by atoms with Crippen molar-refractivity contribution in [2.75, 3.05) is 0 Å². The van der Waals surface area contributed by atoms with Crippen LogP contribution in [0.5, 0.6) is 0 Å². The van der Waals surface area contributed by atoms with E-state index in [-0.39, 0.29) is 6.04 Å². The van der Waals surface area contributed by atoms with Crippen LogP contribution in [0.1, 0.15) is 22.7 Å². The molecule has 0 aliphatic rings. The molecule has 0 aromatic heterocycles. The van der Waals surface area contributed by atoms with Crippen molar-refractivity contribution >= 4 is 27.5 Å². The predicted octanol–water partition coefficient (Wildman–Crippen LogP) is 5.36. The van der Waals surface area contributed by atoms with Crippen LogP contribution in [0.4, 0.5) is 13.2 Å². The summed E-state index contributed by atoms with van der Waals surface area (Å²) < 4.78 is 38.3. The van der Waals surface area contributed by atoms with Crippen LogP contribution < -0.4 is 5.73 Å². The van der Waals surface area contributed by atoms with Crippen LogP contribution in [-0.4, -0.2) is 0 Å². The van der Waals surface area contributed by atoms with E-state index >= 15 is 0 Å². The van der Waals surface area contributed by atoms with Crippen LogP contribution in [-0.2, 0) is 12.6 Å². The number of rotatable bonds is 3. The maximum Gasteiger partial charge on any atom is 0.416 e. The Morgan fingerprint density at radius 3 is 2.29 bits per heavy atom. The van der Waals surface area contributed by atoms with Gasteiger partial charge >= 0.3 is 6.18 Å². The van der Waals surface area contributed by atoms with Crippen molar-refractivity contribution in [3.8, 4) is 0 Å². The summed E-state index contributed by atoms with van der Waals surface area (Å²) in [6.45, 7) is 0.